The third kappa shape index (κ3) is 8.49. The molecule has 1 aromatic carbocycles. The van der Waals surface area contributed by atoms with Gasteiger partial charge in [0.1, 0.15) is 11.3 Å². The second-order valence-electron chi connectivity index (χ2n) is 12.5. The Hall–Kier alpha value is -4.14. The molecule has 1 aliphatic carbocycles. The smallest absolute Gasteiger partial charge is 0.407 e. The molecule has 0 saturated heterocycles. The minimum absolute atomic E-state index is 0.00128. The first-order valence-corrected chi connectivity index (χ1v) is 16.5. The minimum atomic E-state index is -3.63. The van der Waals surface area contributed by atoms with Gasteiger partial charge < -0.3 is 35.8 Å². The lowest BCUT2D eigenvalue weighted by molar-refractivity contribution is -0.117. The van der Waals surface area contributed by atoms with Crippen LogP contribution >= 0.6 is 0 Å². The second-order valence-corrected chi connectivity index (χ2v) is 14.5. The van der Waals surface area contributed by atoms with Crippen LogP contribution in [0.3, 0.4) is 0 Å². The highest BCUT2D eigenvalue weighted by atomic mass is 32.2. The van der Waals surface area contributed by atoms with Crippen LogP contribution in [-0.2, 0) is 19.4 Å². The van der Waals surface area contributed by atoms with E-state index in [0.29, 0.717) is 42.9 Å². The Bertz CT molecular complexity index is 1520. The molecule has 4 amide bonds. The van der Waals surface area contributed by atoms with Gasteiger partial charge in [-0.05, 0) is 78.5 Å². The fourth-order valence-corrected chi connectivity index (χ4v) is 5.74. The number of hydrogen-bond acceptors (Lipinski definition) is 10. The number of hydrogen-bond donors (Lipinski definition) is 4. The van der Waals surface area contributed by atoms with Crippen molar-refractivity contribution in [3.63, 3.8) is 0 Å². The molecule has 0 unspecified atom stereocenters. The molecular weight excluding hydrogens is 588 g/mol. The van der Waals surface area contributed by atoms with E-state index in [1.165, 1.54) is 17.0 Å². The van der Waals surface area contributed by atoms with Crippen molar-refractivity contribution in [3.8, 4) is 0 Å². The van der Waals surface area contributed by atoms with Gasteiger partial charge in [0.05, 0.1) is 17.6 Å². The van der Waals surface area contributed by atoms with Crippen LogP contribution in [0, 0.1) is 0 Å². The zero-order valence-electron chi connectivity index (χ0n) is 26.2. The quantitative estimate of drug-likeness (QED) is 0.352. The summed E-state index contributed by atoms with van der Waals surface area (Å²) in [6.07, 6.45) is 4.86. The number of carbonyl (C=O) groups excluding carboxylic acids is 3. The maximum absolute atomic E-state index is 12.9. The Morgan fingerprint density at radius 3 is 2.23 bits per heavy atom. The predicted octanol–water partition coefficient (Wildman–Crippen LogP) is 3.77. The number of sulfone groups is 1. The van der Waals surface area contributed by atoms with Crippen LogP contribution in [0.5, 0.6) is 0 Å². The van der Waals surface area contributed by atoms with Crippen molar-refractivity contribution in [2.24, 2.45) is 0 Å². The number of ether oxygens (including phenoxy) is 1. The van der Waals surface area contributed by atoms with Crippen LogP contribution < -0.4 is 31.1 Å². The summed E-state index contributed by atoms with van der Waals surface area (Å²) < 4.78 is 30.3. The number of anilines is 5. The topological polar surface area (TPSA) is 175 Å². The van der Waals surface area contributed by atoms with E-state index in [2.05, 4.69) is 31.2 Å². The normalized spacial score (nSPS) is 18.9. The molecule has 1 saturated carbocycles. The van der Waals surface area contributed by atoms with Gasteiger partial charge in [0.15, 0.2) is 15.7 Å². The molecule has 2 aliphatic rings. The molecule has 240 valence electrons. The number of amides is 4. The highest BCUT2D eigenvalue weighted by Crippen LogP contribution is 2.33. The van der Waals surface area contributed by atoms with Crippen molar-refractivity contribution in [2.75, 3.05) is 40.3 Å². The van der Waals surface area contributed by atoms with Gasteiger partial charge in [-0.2, -0.15) is 4.98 Å². The van der Waals surface area contributed by atoms with Crippen LogP contribution in [0.2, 0.25) is 0 Å². The number of likely N-dealkylation sites (N-methyl/N-ethyl adjacent to an activating group) is 1. The Balaban J connectivity index is 1.44. The number of benzene rings is 1. The van der Waals surface area contributed by atoms with Gasteiger partial charge in [0, 0.05) is 42.8 Å². The van der Waals surface area contributed by atoms with Gasteiger partial charge in [-0.15, -0.1) is 0 Å². The Kier molecular flexibility index (Phi) is 9.56. The van der Waals surface area contributed by atoms with E-state index in [1.807, 2.05) is 39.5 Å². The first-order valence-electron chi connectivity index (χ1n) is 14.6. The summed E-state index contributed by atoms with van der Waals surface area (Å²) in [6, 6.07) is 3.80. The maximum Gasteiger partial charge on any atom is 0.407 e. The molecule has 1 aliphatic heterocycles. The highest BCUT2D eigenvalue weighted by Gasteiger charge is 2.30. The molecule has 4 rings (SSSR count). The number of nitrogens with one attached hydrogen (secondary N) is 4. The van der Waals surface area contributed by atoms with Crippen LogP contribution in [0.1, 0.15) is 60.3 Å². The molecule has 0 atom stereocenters. The monoisotopic (exact) mass is 630 g/mol. The van der Waals surface area contributed by atoms with Crippen LogP contribution in [0.15, 0.2) is 29.3 Å². The molecule has 4 N–H and O–H groups in total. The van der Waals surface area contributed by atoms with Crippen molar-refractivity contribution in [1.29, 1.82) is 0 Å². The third-order valence-electron chi connectivity index (χ3n) is 7.32. The van der Waals surface area contributed by atoms with Crippen molar-refractivity contribution in [3.05, 3.63) is 24.4 Å². The van der Waals surface area contributed by atoms with E-state index in [9.17, 15) is 22.8 Å². The van der Waals surface area contributed by atoms with E-state index in [4.69, 9.17) is 4.74 Å². The van der Waals surface area contributed by atoms with E-state index in [0.717, 1.165) is 6.26 Å². The Morgan fingerprint density at radius 2 is 1.64 bits per heavy atom. The number of nitrogens with zero attached hydrogens (tertiary/aromatic N) is 4. The van der Waals surface area contributed by atoms with E-state index >= 15 is 0 Å². The molecule has 0 spiro atoms. The summed E-state index contributed by atoms with van der Waals surface area (Å²) >= 11 is 0. The molecule has 15 heteroatoms. The molecule has 2 heterocycles. The molecule has 14 nitrogen and oxygen atoms in total. The number of aromatic nitrogens is 2. The number of urea groups is 1. The lowest BCUT2D eigenvalue weighted by Crippen LogP contribution is -2.47. The maximum atomic E-state index is 12.9. The number of carbonyl (C=O) groups is 3. The SMILES string of the molecule is CC(C)N1CC(=O)N(C)c2cnc(Nc3cc(NC(=O)N[C@H]4CC[C@@H](NC(=O)OC(C)(C)C)CC4)cc(S(C)(=O)=O)c3)nc21. The summed E-state index contributed by atoms with van der Waals surface area (Å²) in [5.74, 6) is 0.707. The van der Waals surface area contributed by atoms with Crippen molar-refractivity contribution in [1.82, 2.24) is 20.6 Å². The third-order valence-corrected chi connectivity index (χ3v) is 8.41. The van der Waals surface area contributed by atoms with Crippen molar-refractivity contribution >= 4 is 56.7 Å². The first-order chi connectivity index (χ1) is 20.5. The summed E-state index contributed by atoms with van der Waals surface area (Å²) in [7, 11) is -1.96. The molecule has 2 aromatic rings. The Morgan fingerprint density at radius 1 is 1.02 bits per heavy atom. The highest BCUT2D eigenvalue weighted by molar-refractivity contribution is 7.90. The molecule has 44 heavy (non-hydrogen) atoms. The predicted molar refractivity (Wildman–Crippen MR) is 168 cm³/mol. The number of alkyl carbamates (subject to hydrolysis) is 1. The number of rotatable bonds is 7. The summed E-state index contributed by atoms with van der Waals surface area (Å²) in [6.45, 7) is 9.52. The van der Waals surface area contributed by atoms with Crippen LogP contribution in [-0.4, -0.2) is 80.0 Å². The lowest BCUT2D eigenvalue weighted by Gasteiger charge is -2.36. The number of fused-ring (bicyclic) bond motifs is 1. The largest absolute Gasteiger partial charge is 0.444 e. The van der Waals surface area contributed by atoms with Gasteiger partial charge in [-0.25, -0.2) is 23.0 Å². The summed E-state index contributed by atoms with van der Waals surface area (Å²) in [5.41, 5.74) is 0.610. The van der Waals surface area contributed by atoms with E-state index < -0.39 is 27.6 Å². The fourth-order valence-electron chi connectivity index (χ4n) is 5.06. The molecule has 1 aromatic heterocycles. The zero-order valence-corrected chi connectivity index (χ0v) is 27.0. The fraction of sp³-hybridized carbons (Fsp3) is 0.552. The molecule has 0 radical (unpaired) electrons. The molecular formula is C29H42N8O6S. The second kappa shape index (κ2) is 12.8. The van der Waals surface area contributed by atoms with Gasteiger partial charge in [-0.1, -0.05) is 0 Å². The molecule has 1 fully saturated rings. The first kappa shape index (κ1) is 32.8. The van der Waals surface area contributed by atoms with Crippen molar-refractivity contribution < 1.29 is 27.5 Å². The molecule has 0 bridgehead atoms. The lowest BCUT2D eigenvalue weighted by atomic mass is 9.91. The summed E-state index contributed by atoms with van der Waals surface area (Å²) in [4.78, 5) is 49.7. The minimum Gasteiger partial charge on any atom is -0.444 e. The Labute approximate surface area is 258 Å². The average molecular weight is 631 g/mol. The van der Waals surface area contributed by atoms with Crippen LogP contribution in [0.25, 0.3) is 0 Å². The zero-order chi connectivity index (χ0) is 32.4. The van der Waals surface area contributed by atoms with Gasteiger partial charge in [0.2, 0.25) is 11.9 Å². The van der Waals surface area contributed by atoms with E-state index in [1.54, 1.807) is 19.3 Å². The standard InChI is InChI=1S/C29H42N8O6S/c1-17(2)37-16-24(38)36(6)23-15-30-26(35-25(23)37)31-20-12-21(14-22(13-20)44(7,41)42)33-27(39)32-18-8-10-19(11-9-18)34-28(40)43-29(3,4)5/h12-15,17-19H,8-11,16H2,1-7H3,(H,34,40)(H,30,31,35)(H2,32,33,39)/t18-,19+. The van der Waals surface area contributed by atoms with Gasteiger partial charge >= 0.3 is 12.1 Å². The average Bonchev–Trinajstić information content (AvgIpc) is 2.90. The van der Waals surface area contributed by atoms with Gasteiger partial charge in [0.25, 0.3) is 0 Å². The van der Waals surface area contributed by atoms with Crippen molar-refractivity contribution in [2.45, 2.75) is 88.9 Å². The summed E-state index contributed by atoms with van der Waals surface area (Å²) in [5, 5.41) is 11.6. The van der Waals surface area contributed by atoms with Gasteiger partial charge in [-0.3, -0.25) is 4.79 Å². The van der Waals surface area contributed by atoms with Crippen LogP contribution in [0.4, 0.5) is 38.4 Å². The van der Waals surface area contributed by atoms with E-state index in [-0.39, 0.29) is 47.1 Å².